The van der Waals surface area contributed by atoms with Crippen molar-refractivity contribution in [3.05, 3.63) is 82.4 Å². The van der Waals surface area contributed by atoms with Crippen LogP contribution in [0.15, 0.2) is 65.7 Å². The average Bonchev–Trinajstić information content (AvgIpc) is 3.48. The Hall–Kier alpha value is -4.55. The van der Waals surface area contributed by atoms with Crippen LogP contribution in [0.3, 0.4) is 0 Å². The molecule has 0 saturated carbocycles. The minimum absolute atomic E-state index is 0.0844. The first-order valence-electron chi connectivity index (χ1n) is 19.6. The molecule has 54 heavy (non-hydrogen) atoms. The number of nitrogens with zero attached hydrogens (tertiary/aromatic N) is 5. The van der Waals surface area contributed by atoms with Gasteiger partial charge >= 0.3 is 6.09 Å². The molecule has 12 nitrogen and oxygen atoms in total. The Morgan fingerprint density at radius 3 is 2.24 bits per heavy atom. The lowest BCUT2D eigenvalue weighted by atomic mass is 9.90. The third-order valence-electron chi connectivity index (χ3n) is 10.2. The van der Waals surface area contributed by atoms with E-state index in [2.05, 4.69) is 39.8 Å². The van der Waals surface area contributed by atoms with Crippen LogP contribution >= 0.6 is 0 Å². The van der Waals surface area contributed by atoms with Crippen LogP contribution in [0, 0.1) is 0 Å². The monoisotopic (exact) mass is 741 g/mol. The molecule has 1 saturated heterocycles. The van der Waals surface area contributed by atoms with E-state index >= 15 is 0 Å². The van der Waals surface area contributed by atoms with Gasteiger partial charge in [-0.2, -0.15) is 5.10 Å². The molecule has 292 valence electrons. The first kappa shape index (κ1) is 40.6. The summed E-state index contributed by atoms with van der Waals surface area (Å²) < 4.78 is 8.41. The summed E-state index contributed by atoms with van der Waals surface area (Å²) in [6.45, 7) is 11.0. The van der Waals surface area contributed by atoms with Crippen molar-refractivity contribution in [3.8, 4) is 11.3 Å². The highest BCUT2D eigenvalue weighted by Crippen LogP contribution is 2.28. The minimum atomic E-state index is -1.12. The van der Waals surface area contributed by atoms with Crippen molar-refractivity contribution in [1.82, 2.24) is 34.9 Å². The van der Waals surface area contributed by atoms with Crippen molar-refractivity contribution in [1.29, 1.82) is 0 Å². The first-order chi connectivity index (χ1) is 25.8. The molecule has 3 N–H and O–H groups in total. The third kappa shape index (κ3) is 11.5. The Kier molecular flexibility index (Phi) is 14.0. The molecule has 2 amide bonds. The van der Waals surface area contributed by atoms with Crippen molar-refractivity contribution < 1.29 is 19.4 Å². The van der Waals surface area contributed by atoms with Gasteiger partial charge in [-0.05, 0) is 70.0 Å². The maximum absolute atomic E-state index is 13.6. The van der Waals surface area contributed by atoms with Gasteiger partial charge in [0.05, 0.1) is 24.2 Å². The number of amides is 2. The number of carbonyl (C=O) groups excluding carboxylic acids is 2. The number of alkyl carbamates (subject to hydrolysis) is 1. The fourth-order valence-electron chi connectivity index (χ4n) is 7.07. The largest absolute Gasteiger partial charge is 0.444 e. The lowest BCUT2D eigenvalue weighted by Gasteiger charge is -2.38. The summed E-state index contributed by atoms with van der Waals surface area (Å²) in [6.07, 6.45) is 9.02. The highest BCUT2D eigenvalue weighted by molar-refractivity contribution is 5.89. The number of ether oxygens (including phenoxy) is 1. The lowest BCUT2D eigenvalue weighted by molar-refractivity contribution is -0.136. The number of benzene rings is 2. The van der Waals surface area contributed by atoms with Crippen LogP contribution in [0.5, 0.6) is 0 Å². The summed E-state index contributed by atoms with van der Waals surface area (Å²) in [5, 5.41) is 22.4. The highest BCUT2D eigenvalue weighted by atomic mass is 16.6. The fourth-order valence-corrected chi connectivity index (χ4v) is 7.07. The molecule has 0 radical (unpaired) electrons. The Bertz CT molecular complexity index is 1870. The highest BCUT2D eigenvalue weighted by Gasteiger charge is 2.35. The predicted molar refractivity (Wildman–Crippen MR) is 212 cm³/mol. The number of unbranched alkanes of at least 4 members (excludes halogenated alkanes) is 5. The van der Waals surface area contributed by atoms with Gasteiger partial charge < -0.3 is 25.4 Å². The van der Waals surface area contributed by atoms with Gasteiger partial charge in [-0.1, -0.05) is 87.2 Å². The van der Waals surface area contributed by atoms with Gasteiger partial charge in [-0.15, -0.1) is 0 Å². The number of fused-ring (bicyclic) bond motifs is 1. The second-order valence-electron chi connectivity index (χ2n) is 15.9. The van der Waals surface area contributed by atoms with Gasteiger partial charge in [-0.25, -0.2) is 9.78 Å². The second-order valence-corrected chi connectivity index (χ2v) is 15.9. The SMILES string of the molecule is C[C@H](CC(=O)N1CCC(O)(Cn2cnc3c(-c4ccc(CNCCCCCCCCNC(=O)OC(C)(C)C)cc4)n(C)nc3c2=O)CC1)c1ccccc1. The lowest BCUT2D eigenvalue weighted by Crippen LogP contribution is -2.49. The van der Waals surface area contributed by atoms with Crippen LogP contribution < -0.4 is 16.2 Å². The van der Waals surface area contributed by atoms with Crippen LogP contribution in [0.2, 0.25) is 0 Å². The smallest absolute Gasteiger partial charge is 0.407 e. The van der Waals surface area contributed by atoms with Gasteiger partial charge in [0, 0.05) is 45.2 Å². The molecular weight excluding hydrogens is 683 g/mol. The van der Waals surface area contributed by atoms with E-state index in [1.807, 2.05) is 75.2 Å². The Morgan fingerprint density at radius 1 is 0.926 bits per heavy atom. The summed E-state index contributed by atoms with van der Waals surface area (Å²) in [4.78, 5) is 44.8. The molecule has 0 spiro atoms. The van der Waals surface area contributed by atoms with E-state index in [0.717, 1.165) is 55.6 Å². The summed E-state index contributed by atoms with van der Waals surface area (Å²) in [7, 11) is 1.82. The molecule has 1 aliphatic rings. The van der Waals surface area contributed by atoms with Crippen LogP contribution in [0.1, 0.15) is 103 Å². The number of hydrogen-bond acceptors (Lipinski definition) is 8. The van der Waals surface area contributed by atoms with Gasteiger partial charge in [0.25, 0.3) is 5.56 Å². The van der Waals surface area contributed by atoms with Gasteiger partial charge in [0.2, 0.25) is 5.91 Å². The quantitative estimate of drug-likeness (QED) is 0.107. The molecule has 1 fully saturated rings. The molecule has 1 aliphatic heterocycles. The molecule has 0 bridgehead atoms. The zero-order valence-electron chi connectivity index (χ0n) is 32.8. The van der Waals surface area contributed by atoms with Crippen molar-refractivity contribution in [3.63, 3.8) is 0 Å². The van der Waals surface area contributed by atoms with Crippen molar-refractivity contribution in [2.75, 3.05) is 26.2 Å². The van der Waals surface area contributed by atoms with Gasteiger partial charge in [0.15, 0.2) is 5.52 Å². The predicted octanol–water partition coefficient (Wildman–Crippen LogP) is 6.30. The molecule has 1 atom stereocenters. The molecule has 0 unspecified atom stereocenters. The van der Waals surface area contributed by atoms with Gasteiger partial charge in [0.1, 0.15) is 11.1 Å². The summed E-state index contributed by atoms with van der Waals surface area (Å²) in [5.41, 5.74) is 2.92. The summed E-state index contributed by atoms with van der Waals surface area (Å²) >= 11 is 0. The molecule has 3 heterocycles. The van der Waals surface area contributed by atoms with E-state index in [-0.39, 0.29) is 35.5 Å². The van der Waals surface area contributed by atoms with E-state index in [9.17, 15) is 19.5 Å². The minimum Gasteiger partial charge on any atom is -0.444 e. The number of carbonyl (C=O) groups is 2. The topological polar surface area (TPSA) is 144 Å². The number of aromatic nitrogens is 4. The zero-order valence-corrected chi connectivity index (χ0v) is 32.8. The van der Waals surface area contributed by atoms with E-state index in [1.165, 1.54) is 29.3 Å². The zero-order chi connectivity index (χ0) is 38.7. The molecule has 2 aromatic heterocycles. The third-order valence-corrected chi connectivity index (χ3v) is 10.2. The van der Waals surface area contributed by atoms with Crippen LogP contribution in [-0.4, -0.2) is 78.7 Å². The Labute approximate surface area is 319 Å². The Balaban J connectivity index is 1.04. The second kappa shape index (κ2) is 18.7. The molecular formula is C42H59N7O5. The average molecular weight is 742 g/mol. The number of piperidine rings is 1. The number of nitrogens with one attached hydrogen (secondary N) is 2. The first-order valence-corrected chi connectivity index (χ1v) is 19.6. The number of aryl methyl sites for hydroxylation is 1. The normalized spacial score (nSPS) is 15.0. The molecule has 12 heteroatoms. The van der Waals surface area contributed by atoms with E-state index < -0.39 is 11.2 Å². The molecule has 2 aromatic carbocycles. The van der Waals surface area contributed by atoms with Gasteiger partial charge in [-0.3, -0.25) is 18.8 Å². The number of rotatable bonds is 17. The van der Waals surface area contributed by atoms with E-state index in [0.29, 0.717) is 44.4 Å². The van der Waals surface area contributed by atoms with Crippen LogP contribution in [-0.2, 0) is 29.7 Å². The molecule has 5 rings (SSSR count). The summed E-state index contributed by atoms with van der Waals surface area (Å²) in [5.74, 6) is 0.201. The van der Waals surface area contributed by atoms with Crippen molar-refractivity contribution >= 4 is 23.0 Å². The van der Waals surface area contributed by atoms with Crippen LogP contribution in [0.4, 0.5) is 4.79 Å². The maximum Gasteiger partial charge on any atom is 0.407 e. The molecule has 0 aliphatic carbocycles. The van der Waals surface area contributed by atoms with Crippen molar-refractivity contribution in [2.24, 2.45) is 7.05 Å². The standard InChI is InChI=1S/C42H59N7O5/c1-31(33-15-11-10-12-16-33)27-35(50)48-25-21-42(53,22-26-48)29-49-30-45-36-37(39(49)51)46-47(5)38(36)34-19-17-32(18-20-34)28-43-23-13-8-6-7-9-14-24-44-40(52)54-41(2,3)4/h10-12,15-20,30-31,43,53H,6-9,13-14,21-29H2,1-5H3,(H,44,52)/t31-/m1/s1. The van der Waals surface area contributed by atoms with Crippen LogP contribution in [0.25, 0.3) is 22.3 Å². The van der Waals surface area contributed by atoms with E-state index in [4.69, 9.17) is 4.74 Å². The van der Waals surface area contributed by atoms with Crippen molar-refractivity contribution in [2.45, 2.75) is 116 Å². The fraction of sp³-hybridized carbons (Fsp3) is 0.548. The number of likely N-dealkylation sites (tertiary alicyclic amines) is 1. The summed E-state index contributed by atoms with van der Waals surface area (Å²) in [6, 6.07) is 18.3. The number of aliphatic hydroxyl groups is 1. The maximum atomic E-state index is 13.6. The van der Waals surface area contributed by atoms with E-state index in [1.54, 1.807) is 4.68 Å². The molecule has 4 aromatic rings. The number of hydrogen-bond donors (Lipinski definition) is 3. The Morgan fingerprint density at radius 2 is 1.57 bits per heavy atom.